The van der Waals surface area contributed by atoms with Gasteiger partial charge < -0.3 is 9.88 Å². The van der Waals surface area contributed by atoms with Crippen LogP contribution in [0.4, 0.5) is 0 Å². The van der Waals surface area contributed by atoms with Gasteiger partial charge in [-0.2, -0.15) is 0 Å². The molecule has 2 aromatic rings. The predicted molar refractivity (Wildman–Crippen MR) is 78.7 cm³/mol. The van der Waals surface area contributed by atoms with Gasteiger partial charge in [0.15, 0.2) is 5.82 Å². The van der Waals surface area contributed by atoms with E-state index in [1.807, 2.05) is 20.0 Å². The summed E-state index contributed by atoms with van der Waals surface area (Å²) in [6.45, 7) is 1.87. The maximum absolute atomic E-state index is 12.2. The van der Waals surface area contributed by atoms with Crippen molar-refractivity contribution in [2.45, 2.75) is 13.0 Å². The van der Waals surface area contributed by atoms with E-state index < -0.39 is 0 Å². The summed E-state index contributed by atoms with van der Waals surface area (Å²) in [5.74, 6) is 0.555. The molecule has 1 atom stereocenters. The normalized spacial score (nSPS) is 12.2. The Kier molecular flexibility index (Phi) is 4.36. The summed E-state index contributed by atoms with van der Waals surface area (Å²) in [5.41, 5.74) is 0.579. The van der Waals surface area contributed by atoms with Crippen LogP contribution in [0.25, 0.3) is 0 Å². The zero-order chi connectivity index (χ0) is 14.0. The molecule has 1 amide bonds. The first-order chi connectivity index (χ1) is 8.97. The van der Waals surface area contributed by atoms with Crippen LogP contribution in [0.15, 0.2) is 33.5 Å². The van der Waals surface area contributed by atoms with Crippen LogP contribution in [0.2, 0.25) is 0 Å². The smallest absolute Gasteiger partial charge is 0.251 e. The van der Waals surface area contributed by atoms with E-state index in [4.69, 9.17) is 0 Å². The number of benzene rings is 1. The Morgan fingerprint density at radius 3 is 2.47 bits per heavy atom. The van der Waals surface area contributed by atoms with Gasteiger partial charge >= 0.3 is 0 Å². The molecule has 2 rings (SSSR count). The molecule has 0 fully saturated rings. The molecule has 0 radical (unpaired) electrons. The average molecular weight is 388 g/mol. The number of halogens is 2. The Morgan fingerprint density at radius 2 is 1.95 bits per heavy atom. The zero-order valence-electron chi connectivity index (χ0n) is 10.4. The molecular formula is C12H12Br2N4O. The van der Waals surface area contributed by atoms with Gasteiger partial charge in [0, 0.05) is 21.6 Å². The molecule has 1 aromatic carbocycles. The maximum Gasteiger partial charge on any atom is 0.251 e. The first-order valence-electron chi connectivity index (χ1n) is 5.58. The molecule has 0 bridgehead atoms. The molecule has 0 aliphatic carbocycles. The molecule has 1 unspecified atom stereocenters. The second kappa shape index (κ2) is 5.83. The lowest BCUT2D eigenvalue weighted by atomic mass is 10.2. The second-order valence-corrected chi connectivity index (χ2v) is 5.98. The van der Waals surface area contributed by atoms with Gasteiger partial charge in [-0.25, -0.2) is 0 Å². The minimum Gasteiger partial charge on any atom is -0.342 e. The quantitative estimate of drug-likeness (QED) is 0.880. The van der Waals surface area contributed by atoms with E-state index >= 15 is 0 Å². The lowest BCUT2D eigenvalue weighted by molar-refractivity contribution is 0.0937. The molecule has 0 aliphatic rings. The summed E-state index contributed by atoms with van der Waals surface area (Å²) in [7, 11) is 1.84. The fourth-order valence-corrected chi connectivity index (χ4v) is 3.01. The Bertz CT molecular complexity index is 591. The maximum atomic E-state index is 12.2. The standard InChI is InChI=1S/C12H12Br2N4O/c1-7(11-17-15-6-18(11)2)16-12(19)8-3-9(13)5-10(14)4-8/h3-7H,1-2H3,(H,16,19). The van der Waals surface area contributed by atoms with Crippen LogP contribution in [0.5, 0.6) is 0 Å². The van der Waals surface area contributed by atoms with E-state index in [0.29, 0.717) is 11.4 Å². The van der Waals surface area contributed by atoms with E-state index in [9.17, 15) is 4.79 Å². The van der Waals surface area contributed by atoms with Gasteiger partial charge in [0.25, 0.3) is 5.91 Å². The van der Waals surface area contributed by atoms with Crippen molar-refractivity contribution in [3.63, 3.8) is 0 Å². The third-order valence-electron chi connectivity index (χ3n) is 2.61. The van der Waals surface area contributed by atoms with Crippen molar-refractivity contribution in [1.82, 2.24) is 20.1 Å². The Labute approximate surface area is 127 Å². The number of aromatic nitrogens is 3. The summed E-state index contributed by atoms with van der Waals surface area (Å²) in [5, 5.41) is 10.7. The molecule has 7 heteroatoms. The Balaban J connectivity index is 2.15. The highest BCUT2D eigenvalue weighted by atomic mass is 79.9. The summed E-state index contributed by atoms with van der Waals surface area (Å²) in [4.78, 5) is 12.2. The van der Waals surface area contributed by atoms with Crippen LogP contribution >= 0.6 is 31.9 Å². The number of carbonyl (C=O) groups excluding carboxylic acids is 1. The molecule has 1 N–H and O–H groups in total. The molecule has 0 saturated carbocycles. The Hall–Kier alpha value is -1.21. The van der Waals surface area contributed by atoms with Gasteiger partial charge in [-0.05, 0) is 25.1 Å². The third kappa shape index (κ3) is 3.42. The molecule has 1 heterocycles. The van der Waals surface area contributed by atoms with Crippen LogP contribution in [-0.4, -0.2) is 20.7 Å². The fraction of sp³-hybridized carbons (Fsp3) is 0.250. The van der Waals surface area contributed by atoms with Crippen LogP contribution in [0.1, 0.15) is 29.1 Å². The first-order valence-corrected chi connectivity index (χ1v) is 7.17. The van der Waals surface area contributed by atoms with Crippen LogP contribution in [0, 0.1) is 0 Å². The number of nitrogens with one attached hydrogen (secondary N) is 1. The van der Waals surface area contributed by atoms with Crippen molar-refractivity contribution in [3.05, 3.63) is 44.9 Å². The number of rotatable bonds is 3. The second-order valence-electron chi connectivity index (χ2n) is 4.15. The van der Waals surface area contributed by atoms with Crippen molar-refractivity contribution in [2.24, 2.45) is 7.05 Å². The summed E-state index contributed by atoms with van der Waals surface area (Å²) < 4.78 is 3.47. The third-order valence-corrected chi connectivity index (χ3v) is 3.52. The molecule has 100 valence electrons. The molecule has 1 aromatic heterocycles. The first kappa shape index (κ1) is 14.2. The van der Waals surface area contributed by atoms with E-state index in [1.165, 1.54) is 0 Å². The highest BCUT2D eigenvalue weighted by Crippen LogP contribution is 2.20. The fourth-order valence-electron chi connectivity index (χ4n) is 1.71. The van der Waals surface area contributed by atoms with Gasteiger partial charge in [-0.3, -0.25) is 4.79 Å². The number of aryl methyl sites for hydroxylation is 1. The topological polar surface area (TPSA) is 59.8 Å². The molecule has 19 heavy (non-hydrogen) atoms. The molecule has 0 saturated heterocycles. The predicted octanol–water partition coefficient (Wildman–Crippen LogP) is 2.83. The van der Waals surface area contributed by atoms with Crippen molar-refractivity contribution < 1.29 is 4.79 Å². The minimum atomic E-state index is -0.210. The number of hydrogen-bond acceptors (Lipinski definition) is 3. The van der Waals surface area contributed by atoms with Crippen LogP contribution < -0.4 is 5.32 Å². The highest BCUT2D eigenvalue weighted by Gasteiger charge is 2.15. The van der Waals surface area contributed by atoms with Gasteiger partial charge in [-0.15, -0.1) is 10.2 Å². The number of carbonyl (C=O) groups is 1. The summed E-state index contributed by atoms with van der Waals surface area (Å²) in [6.07, 6.45) is 1.60. The Morgan fingerprint density at radius 1 is 1.32 bits per heavy atom. The number of amides is 1. The zero-order valence-corrected chi connectivity index (χ0v) is 13.6. The van der Waals surface area contributed by atoms with E-state index in [2.05, 4.69) is 47.4 Å². The SMILES string of the molecule is CC(NC(=O)c1cc(Br)cc(Br)c1)c1nncn1C. The average Bonchev–Trinajstić information content (AvgIpc) is 2.74. The minimum absolute atomic E-state index is 0.155. The van der Waals surface area contributed by atoms with Crippen LogP contribution in [0.3, 0.4) is 0 Å². The number of nitrogens with zero attached hydrogens (tertiary/aromatic N) is 3. The van der Waals surface area contributed by atoms with Crippen molar-refractivity contribution in [2.75, 3.05) is 0 Å². The lowest BCUT2D eigenvalue weighted by Crippen LogP contribution is -2.28. The molecule has 0 aliphatic heterocycles. The van der Waals surface area contributed by atoms with Gasteiger partial charge in [-0.1, -0.05) is 31.9 Å². The van der Waals surface area contributed by atoms with Crippen molar-refractivity contribution in [1.29, 1.82) is 0 Å². The van der Waals surface area contributed by atoms with Gasteiger partial charge in [0.1, 0.15) is 6.33 Å². The molecular weight excluding hydrogens is 376 g/mol. The van der Waals surface area contributed by atoms with Gasteiger partial charge in [0.05, 0.1) is 6.04 Å². The molecule has 0 spiro atoms. The largest absolute Gasteiger partial charge is 0.342 e. The number of hydrogen-bond donors (Lipinski definition) is 1. The van der Waals surface area contributed by atoms with Crippen molar-refractivity contribution >= 4 is 37.8 Å². The molecule has 5 nitrogen and oxygen atoms in total. The summed E-state index contributed by atoms with van der Waals surface area (Å²) >= 11 is 6.72. The summed E-state index contributed by atoms with van der Waals surface area (Å²) in [6, 6.07) is 5.20. The lowest BCUT2D eigenvalue weighted by Gasteiger charge is -2.13. The van der Waals surface area contributed by atoms with E-state index in [0.717, 1.165) is 8.95 Å². The van der Waals surface area contributed by atoms with Crippen molar-refractivity contribution in [3.8, 4) is 0 Å². The van der Waals surface area contributed by atoms with E-state index in [-0.39, 0.29) is 11.9 Å². The highest BCUT2D eigenvalue weighted by molar-refractivity contribution is 9.11. The van der Waals surface area contributed by atoms with Crippen LogP contribution in [-0.2, 0) is 7.05 Å². The van der Waals surface area contributed by atoms with E-state index in [1.54, 1.807) is 23.0 Å². The van der Waals surface area contributed by atoms with Gasteiger partial charge in [0.2, 0.25) is 0 Å². The monoisotopic (exact) mass is 386 g/mol.